The van der Waals surface area contributed by atoms with Gasteiger partial charge in [-0.25, -0.2) is 0 Å². The first kappa shape index (κ1) is 9.34. The van der Waals surface area contributed by atoms with Crippen LogP contribution in [0.5, 0.6) is 11.5 Å². The third-order valence-electron chi connectivity index (χ3n) is 2.64. The summed E-state index contributed by atoms with van der Waals surface area (Å²) in [7, 11) is 3.25. The van der Waals surface area contributed by atoms with Crippen molar-refractivity contribution in [3.05, 3.63) is 23.3 Å². The number of aliphatic hydroxyl groups excluding tert-OH is 1. The molecule has 0 bridgehead atoms. The van der Waals surface area contributed by atoms with Crippen LogP contribution in [0.25, 0.3) is 0 Å². The van der Waals surface area contributed by atoms with E-state index in [1.165, 1.54) is 0 Å². The topological polar surface area (TPSA) is 38.7 Å². The summed E-state index contributed by atoms with van der Waals surface area (Å²) in [6, 6.07) is 3.88. The molecular weight excluding hydrogens is 180 g/mol. The van der Waals surface area contributed by atoms with Gasteiger partial charge in [0.2, 0.25) is 0 Å². The minimum Gasteiger partial charge on any atom is -0.493 e. The summed E-state index contributed by atoms with van der Waals surface area (Å²) in [6.07, 6.45) is 1.11. The van der Waals surface area contributed by atoms with Gasteiger partial charge < -0.3 is 14.6 Å². The van der Waals surface area contributed by atoms with Crippen LogP contribution in [0.3, 0.4) is 0 Å². The van der Waals surface area contributed by atoms with Crippen molar-refractivity contribution in [2.24, 2.45) is 0 Å². The first-order valence-electron chi connectivity index (χ1n) is 4.67. The molecule has 0 radical (unpaired) electrons. The molecule has 3 nitrogen and oxygen atoms in total. The van der Waals surface area contributed by atoms with E-state index in [4.69, 9.17) is 9.47 Å². The molecule has 0 fully saturated rings. The second kappa shape index (κ2) is 3.50. The first-order chi connectivity index (χ1) is 6.76. The van der Waals surface area contributed by atoms with E-state index in [9.17, 15) is 5.11 Å². The van der Waals surface area contributed by atoms with Gasteiger partial charge in [-0.1, -0.05) is 6.07 Å². The van der Waals surface area contributed by atoms with Gasteiger partial charge in [0.1, 0.15) is 0 Å². The van der Waals surface area contributed by atoms with Crippen LogP contribution in [0.1, 0.15) is 11.1 Å². The quantitative estimate of drug-likeness (QED) is 0.768. The van der Waals surface area contributed by atoms with Crippen LogP contribution in [0.15, 0.2) is 12.1 Å². The number of methoxy groups -OCH3 is 2. The SMILES string of the molecule is COc1ccc2c(c1OC)CC(O)C2. The molecule has 1 atom stereocenters. The Bertz CT molecular complexity index is 347. The number of rotatable bonds is 2. The van der Waals surface area contributed by atoms with Crippen molar-refractivity contribution in [3.63, 3.8) is 0 Å². The predicted octanol–water partition coefficient (Wildman–Crippen LogP) is 1.16. The second-order valence-electron chi connectivity index (χ2n) is 3.50. The second-order valence-corrected chi connectivity index (χ2v) is 3.50. The lowest BCUT2D eigenvalue weighted by atomic mass is 10.1. The van der Waals surface area contributed by atoms with Gasteiger partial charge in [-0.3, -0.25) is 0 Å². The third kappa shape index (κ3) is 1.34. The molecule has 1 N–H and O–H groups in total. The molecule has 14 heavy (non-hydrogen) atoms. The Morgan fingerprint density at radius 2 is 2.00 bits per heavy atom. The molecule has 1 aliphatic rings. The maximum atomic E-state index is 9.54. The van der Waals surface area contributed by atoms with Crippen molar-refractivity contribution in [1.29, 1.82) is 0 Å². The summed E-state index contributed by atoms with van der Waals surface area (Å²) in [5.41, 5.74) is 2.24. The van der Waals surface area contributed by atoms with Gasteiger partial charge in [-0.05, 0) is 18.1 Å². The number of benzene rings is 1. The predicted molar refractivity (Wildman–Crippen MR) is 53.0 cm³/mol. The van der Waals surface area contributed by atoms with Crippen LogP contribution in [0.2, 0.25) is 0 Å². The van der Waals surface area contributed by atoms with E-state index in [-0.39, 0.29) is 6.10 Å². The van der Waals surface area contributed by atoms with E-state index in [0.717, 1.165) is 29.0 Å². The van der Waals surface area contributed by atoms with E-state index in [2.05, 4.69) is 0 Å². The summed E-state index contributed by atoms with van der Waals surface area (Å²) in [6.45, 7) is 0. The van der Waals surface area contributed by atoms with Crippen molar-refractivity contribution in [3.8, 4) is 11.5 Å². The summed E-state index contributed by atoms with van der Waals surface area (Å²) >= 11 is 0. The molecule has 1 aliphatic carbocycles. The van der Waals surface area contributed by atoms with E-state index < -0.39 is 0 Å². The smallest absolute Gasteiger partial charge is 0.164 e. The zero-order valence-corrected chi connectivity index (χ0v) is 8.41. The molecular formula is C11H14O3. The number of aliphatic hydroxyl groups is 1. The lowest BCUT2D eigenvalue weighted by molar-refractivity contribution is 0.186. The molecule has 0 spiro atoms. The molecule has 1 unspecified atom stereocenters. The van der Waals surface area contributed by atoms with E-state index in [1.54, 1.807) is 14.2 Å². The van der Waals surface area contributed by atoms with Crippen molar-refractivity contribution >= 4 is 0 Å². The van der Waals surface area contributed by atoms with Crippen molar-refractivity contribution < 1.29 is 14.6 Å². The number of fused-ring (bicyclic) bond motifs is 1. The molecule has 0 saturated carbocycles. The fourth-order valence-corrected chi connectivity index (χ4v) is 2.01. The van der Waals surface area contributed by atoms with Crippen LogP contribution >= 0.6 is 0 Å². The molecule has 0 aromatic heterocycles. The molecule has 1 aromatic carbocycles. The highest BCUT2D eigenvalue weighted by Gasteiger charge is 2.24. The highest BCUT2D eigenvalue weighted by atomic mass is 16.5. The van der Waals surface area contributed by atoms with Crippen LogP contribution < -0.4 is 9.47 Å². The normalized spacial score (nSPS) is 19.2. The Morgan fingerprint density at radius 3 is 2.64 bits per heavy atom. The Kier molecular flexibility index (Phi) is 2.33. The van der Waals surface area contributed by atoms with E-state index in [0.29, 0.717) is 6.42 Å². The lowest BCUT2D eigenvalue weighted by Gasteiger charge is -2.11. The maximum Gasteiger partial charge on any atom is 0.164 e. The largest absolute Gasteiger partial charge is 0.493 e. The van der Waals surface area contributed by atoms with Crippen LogP contribution in [0, 0.1) is 0 Å². The van der Waals surface area contributed by atoms with Gasteiger partial charge in [0.05, 0.1) is 20.3 Å². The van der Waals surface area contributed by atoms with Gasteiger partial charge in [-0.15, -0.1) is 0 Å². The van der Waals surface area contributed by atoms with Crippen molar-refractivity contribution in [2.75, 3.05) is 14.2 Å². The monoisotopic (exact) mass is 194 g/mol. The third-order valence-corrected chi connectivity index (χ3v) is 2.64. The van der Waals surface area contributed by atoms with E-state index in [1.807, 2.05) is 12.1 Å². The minimum atomic E-state index is -0.272. The number of hydrogen-bond acceptors (Lipinski definition) is 3. The summed E-state index contributed by atoms with van der Waals surface area (Å²) in [5.74, 6) is 1.50. The molecule has 1 aromatic rings. The van der Waals surface area contributed by atoms with Gasteiger partial charge in [0.15, 0.2) is 11.5 Å². The fourth-order valence-electron chi connectivity index (χ4n) is 2.01. The molecule has 0 heterocycles. The first-order valence-corrected chi connectivity index (χ1v) is 4.67. The minimum absolute atomic E-state index is 0.272. The molecule has 0 aliphatic heterocycles. The lowest BCUT2D eigenvalue weighted by Crippen LogP contribution is -2.04. The molecule has 2 rings (SSSR count). The van der Waals surface area contributed by atoms with Gasteiger partial charge in [0, 0.05) is 12.0 Å². The van der Waals surface area contributed by atoms with E-state index >= 15 is 0 Å². The van der Waals surface area contributed by atoms with Gasteiger partial charge >= 0.3 is 0 Å². The summed E-state index contributed by atoms with van der Waals surface area (Å²) in [4.78, 5) is 0. The summed E-state index contributed by atoms with van der Waals surface area (Å²) in [5, 5.41) is 9.54. The van der Waals surface area contributed by atoms with Crippen LogP contribution in [-0.2, 0) is 12.8 Å². The Labute approximate surface area is 83.3 Å². The van der Waals surface area contributed by atoms with Crippen LogP contribution in [0.4, 0.5) is 0 Å². The average molecular weight is 194 g/mol. The zero-order valence-electron chi connectivity index (χ0n) is 8.41. The molecule has 0 amide bonds. The Balaban J connectivity index is 2.49. The average Bonchev–Trinajstić information content (AvgIpc) is 2.56. The maximum absolute atomic E-state index is 9.54. The number of hydrogen-bond donors (Lipinski definition) is 1. The van der Waals surface area contributed by atoms with Crippen LogP contribution in [-0.4, -0.2) is 25.4 Å². The molecule has 0 saturated heterocycles. The van der Waals surface area contributed by atoms with Crippen molar-refractivity contribution in [1.82, 2.24) is 0 Å². The Hall–Kier alpha value is -1.22. The standard InChI is InChI=1S/C11H14O3/c1-13-10-4-3-7-5-8(12)6-9(7)11(10)14-2/h3-4,8,12H,5-6H2,1-2H3. The summed E-state index contributed by atoms with van der Waals surface area (Å²) < 4.78 is 10.5. The van der Waals surface area contributed by atoms with Gasteiger partial charge in [-0.2, -0.15) is 0 Å². The number of ether oxygens (including phenoxy) is 2. The van der Waals surface area contributed by atoms with Crippen molar-refractivity contribution in [2.45, 2.75) is 18.9 Å². The fraction of sp³-hybridized carbons (Fsp3) is 0.455. The highest BCUT2D eigenvalue weighted by Crippen LogP contribution is 2.37. The molecule has 76 valence electrons. The Morgan fingerprint density at radius 1 is 1.21 bits per heavy atom. The van der Waals surface area contributed by atoms with Gasteiger partial charge in [0.25, 0.3) is 0 Å². The zero-order chi connectivity index (χ0) is 10.1. The highest BCUT2D eigenvalue weighted by molar-refractivity contribution is 5.53. The molecule has 3 heteroatoms.